The van der Waals surface area contributed by atoms with Crippen molar-refractivity contribution in [1.82, 2.24) is 39.7 Å². The van der Waals surface area contributed by atoms with E-state index in [2.05, 4.69) is 37.7 Å². The second-order valence-corrected chi connectivity index (χ2v) is 12.2. The van der Waals surface area contributed by atoms with Gasteiger partial charge in [-0.2, -0.15) is 4.98 Å². The smallest absolute Gasteiger partial charge is 0.262 e. The lowest BCUT2D eigenvalue weighted by molar-refractivity contribution is -0.130. The molecule has 2 saturated heterocycles. The number of anilines is 2. The normalized spacial score (nSPS) is 16.5. The lowest BCUT2D eigenvalue weighted by Gasteiger charge is -2.22. The molecule has 0 bridgehead atoms. The molecule has 2 aliphatic rings. The standard InChI is InChI=1S/C35H37N9O2/c1-23-32(41-30(21-38-23)26-7-5-13-37-19-26)29-17-27-20-39-35(40-28-10-8-24(9-11-28)16-25-6-4-12-36-18-25)42-33(27)44(34(29)46)22-31(45)43-14-2-3-15-43/h5,7-11,13,17,19-21,25,36H,2-4,6,12,14-16,18,22H2,1H3,(H,39,40,42). The predicted octanol–water partition coefficient (Wildman–Crippen LogP) is 4.53. The Morgan fingerprint density at radius 2 is 1.87 bits per heavy atom. The maximum absolute atomic E-state index is 14.2. The molecule has 234 valence electrons. The van der Waals surface area contributed by atoms with Gasteiger partial charge in [-0.05, 0) is 93.9 Å². The summed E-state index contributed by atoms with van der Waals surface area (Å²) in [5.41, 5.74) is 4.95. The lowest BCUT2D eigenvalue weighted by Crippen LogP contribution is -2.35. The van der Waals surface area contributed by atoms with Crippen molar-refractivity contribution in [3.63, 3.8) is 0 Å². The van der Waals surface area contributed by atoms with Gasteiger partial charge in [0.15, 0.2) is 0 Å². The Labute approximate surface area is 267 Å². The molecule has 0 spiro atoms. The van der Waals surface area contributed by atoms with Crippen molar-refractivity contribution >= 4 is 28.6 Å². The zero-order chi connectivity index (χ0) is 31.5. The maximum atomic E-state index is 14.2. The van der Waals surface area contributed by atoms with E-state index in [1.807, 2.05) is 36.1 Å². The van der Waals surface area contributed by atoms with Crippen LogP contribution in [0.4, 0.5) is 11.6 Å². The molecule has 6 heterocycles. The first-order chi connectivity index (χ1) is 22.5. The minimum atomic E-state index is -0.355. The highest BCUT2D eigenvalue weighted by Gasteiger charge is 2.23. The van der Waals surface area contributed by atoms with Crippen LogP contribution in [-0.4, -0.2) is 66.5 Å². The largest absolute Gasteiger partial charge is 0.341 e. The van der Waals surface area contributed by atoms with Crippen molar-refractivity contribution in [2.45, 2.75) is 45.6 Å². The van der Waals surface area contributed by atoms with Crippen molar-refractivity contribution in [2.75, 3.05) is 31.5 Å². The highest BCUT2D eigenvalue weighted by atomic mass is 16.2. The predicted molar refractivity (Wildman–Crippen MR) is 178 cm³/mol. The quantitative estimate of drug-likeness (QED) is 0.259. The van der Waals surface area contributed by atoms with Gasteiger partial charge in [0, 0.05) is 48.3 Å². The van der Waals surface area contributed by atoms with Crippen LogP contribution in [0.5, 0.6) is 0 Å². The SMILES string of the molecule is Cc1ncc(-c2cccnc2)nc1-c1cc2cnc(Nc3ccc(CC4CCCNC4)cc3)nc2n(CC(=O)N2CCCC2)c1=O. The molecule has 2 N–H and O–H groups in total. The molecule has 11 nitrogen and oxygen atoms in total. The van der Waals surface area contributed by atoms with E-state index in [-0.39, 0.29) is 18.0 Å². The fraction of sp³-hybridized carbons (Fsp3) is 0.343. The van der Waals surface area contributed by atoms with E-state index in [1.54, 1.807) is 30.9 Å². The van der Waals surface area contributed by atoms with Gasteiger partial charge in [0.05, 0.1) is 28.8 Å². The van der Waals surface area contributed by atoms with Crippen molar-refractivity contribution < 1.29 is 4.79 Å². The number of fused-ring (bicyclic) bond motifs is 1. The van der Waals surface area contributed by atoms with Crippen LogP contribution in [0.1, 0.15) is 36.9 Å². The Morgan fingerprint density at radius 3 is 2.63 bits per heavy atom. The molecule has 0 saturated carbocycles. The van der Waals surface area contributed by atoms with Gasteiger partial charge in [-0.15, -0.1) is 0 Å². The minimum absolute atomic E-state index is 0.109. The summed E-state index contributed by atoms with van der Waals surface area (Å²) < 4.78 is 1.46. The number of likely N-dealkylation sites (tertiary alicyclic amines) is 1. The van der Waals surface area contributed by atoms with Crippen LogP contribution >= 0.6 is 0 Å². The molecule has 2 aliphatic heterocycles. The topological polar surface area (TPSA) is 131 Å². The monoisotopic (exact) mass is 615 g/mol. The van der Waals surface area contributed by atoms with Crippen molar-refractivity contribution in [3.8, 4) is 22.5 Å². The number of rotatable bonds is 8. The van der Waals surface area contributed by atoms with E-state index >= 15 is 0 Å². The Morgan fingerprint density at radius 1 is 1.02 bits per heavy atom. The van der Waals surface area contributed by atoms with Gasteiger partial charge < -0.3 is 15.5 Å². The van der Waals surface area contributed by atoms with Gasteiger partial charge in [-0.1, -0.05) is 12.1 Å². The fourth-order valence-corrected chi connectivity index (χ4v) is 6.38. The van der Waals surface area contributed by atoms with Crippen LogP contribution in [0.3, 0.4) is 0 Å². The second-order valence-electron chi connectivity index (χ2n) is 12.2. The molecule has 0 radical (unpaired) electrons. The summed E-state index contributed by atoms with van der Waals surface area (Å²) in [7, 11) is 0. The third kappa shape index (κ3) is 6.36. The van der Waals surface area contributed by atoms with Gasteiger partial charge in [-0.25, -0.2) is 9.97 Å². The number of nitrogens with one attached hydrogen (secondary N) is 2. The molecule has 11 heteroatoms. The molecule has 4 aromatic heterocycles. The Bertz CT molecular complexity index is 1910. The first kappa shape index (κ1) is 29.7. The van der Waals surface area contributed by atoms with Crippen LogP contribution in [0.15, 0.2) is 72.0 Å². The Hall–Kier alpha value is -5.03. The molecule has 1 atom stereocenters. The zero-order valence-electron chi connectivity index (χ0n) is 25.9. The number of hydrogen-bond donors (Lipinski definition) is 2. The van der Waals surface area contributed by atoms with Crippen LogP contribution in [0.25, 0.3) is 33.5 Å². The van der Waals surface area contributed by atoms with E-state index in [4.69, 9.17) is 9.97 Å². The molecule has 1 aromatic carbocycles. The molecular formula is C35H37N9O2. The number of piperidine rings is 1. The van der Waals surface area contributed by atoms with Crippen LogP contribution < -0.4 is 16.2 Å². The summed E-state index contributed by atoms with van der Waals surface area (Å²) in [6, 6.07) is 13.8. The highest BCUT2D eigenvalue weighted by Crippen LogP contribution is 2.26. The van der Waals surface area contributed by atoms with E-state index in [1.165, 1.54) is 23.0 Å². The van der Waals surface area contributed by atoms with Crippen LogP contribution in [-0.2, 0) is 17.8 Å². The van der Waals surface area contributed by atoms with Gasteiger partial charge in [-0.3, -0.25) is 24.1 Å². The second kappa shape index (κ2) is 13.1. The molecule has 1 amide bonds. The summed E-state index contributed by atoms with van der Waals surface area (Å²) in [6.45, 7) is 5.26. The summed E-state index contributed by atoms with van der Waals surface area (Å²) >= 11 is 0. The number of carbonyl (C=O) groups excluding carboxylic acids is 1. The van der Waals surface area contributed by atoms with Crippen molar-refractivity contribution in [1.29, 1.82) is 0 Å². The van der Waals surface area contributed by atoms with E-state index < -0.39 is 0 Å². The zero-order valence-corrected chi connectivity index (χ0v) is 25.9. The number of amides is 1. The number of pyridine rings is 2. The van der Waals surface area contributed by atoms with Crippen molar-refractivity contribution in [2.24, 2.45) is 5.92 Å². The van der Waals surface area contributed by atoms with E-state index in [9.17, 15) is 9.59 Å². The van der Waals surface area contributed by atoms with Crippen molar-refractivity contribution in [3.05, 3.63) is 88.9 Å². The molecule has 7 rings (SSSR count). The number of carbonyl (C=O) groups is 1. The van der Waals surface area contributed by atoms with E-state index in [0.717, 1.165) is 43.6 Å². The Kier molecular flexibility index (Phi) is 8.47. The Balaban J connectivity index is 1.24. The minimum Gasteiger partial charge on any atom is -0.341 e. The maximum Gasteiger partial charge on any atom is 0.262 e. The average Bonchev–Trinajstić information content (AvgIpc) is 3.64. The number of aromatic nitrogens is 6. The summed E-state index contributed by atoms with van der Waals surface area (Å²) in [5, 5.41) is 7.40. The molecule has 46 heavy (non-hydrogen) atoms. The molecular weight excluding hydrogens is 578 g/mol. The third-order valence-corrected chi connectivity index (χ3v) is 8.88. The molecule has 1 unspecified atom stereocenters. The van der Waals surface area contributed by atoms with Crippen LogP contribution in [0, 0.1) is 12.8 Å². The number of benzene rings is 1. The summed E-state index contributed by atoms with van der Waals surface area (Å²) in [5.74, 6) is 0.900. The van der Waals surface area contributed by atoms with Gasteiger partial charge >= 0.3 is 0 Å². The first-order valence-electron chi connectivity index (χ1n) is 16.0. The lowest BCUT2D eigenvalue weighted by atomic mass is 9.92. The third-order valence-electron chi connectivity index (χ3n) is 8.88. The summed E-state index contributed by atoms with van der Waals surface area (Å²) in [4.78, 5) is 52.3. The van der Waals surface area contributed by atoms with Gasteiger partial charge in [0.2, 0.25) is 11.9 Å². The number of aryl methyl sites for hydroxylation is 1. The number of hydrogen-bond acceptors (Lipinski definition) is 9. The van der Waals surface area contributed by atoms with E-state index in [0.29, 0.717) is 58.6 Å². The molecule has 2 fully saturated rings. The van der Waals surface area contributed by atoms with Gasteiger partial charge in [0.25, 0.3) is 5.56 Å². The van der Waals surface area contributed by atoms with Crippen LogP contribution in [0.2, 0.25) is 0 Å². The summed E-state index contributed by atoms with van der Waals surface area (Å²) in [6.07, 6.45) is 12.2. The molecule has 5 aromatic rings. The first-order valence-corrected chi connectivity index (χ1v) is 16.0. The number of nitrogens with zero attached hydrogens (tertiary/aromatic N) is 7. The average molecular weight is 616 g/mol. The van der Waals surface area contributed by atoms with Gasteiger partial charge in [0.1, 0.15) is 12.2 Å². The fourth-order valence-electron chi connectivity index (χ4n) is 6.38. The highest BCUT2D eigenvalue weighted by molar-refractivity contribution is 5.84. The molecule has 0 aliphatic carbocycles.